The number of esters is 1. The van der Waals surface area contributed by atoms with E-state index in [-0.39, 0.29) is 5.97 Å². The molecular weight excluding hydrogens is 212 g/mol. The lowest BCUT2D eigenvalue weighted by Crippen LogP contribution is -2.04. The molecule has 0 atom stereocenters. The van der Waals surface area contributed by atoms with Gasteiger partial charge in [0.1, 0.15) is 0 Å². The van der Waals surface area contributed by atoms with E-state index in [0.717, 1.165) is 16.7 Å². The molecule has 2 nitrogen and oxygen atoms in total. The topological polar surface area (TPSA) is 26.3 Å². The Hall–Kier alpha value is -2.09. The second kappa shape index (κ2) is 4.83. The van der Waals surface area contributed by atoms with Crippen LogP contribution in [0.5, 0.6) is 0 Å². The molecule has 0 saturated heterocycles. The summed E-state index contributed by atoms with van der Waals surface area (Å²) in [6.07, 6.45) is 0. The zero-order chi connectivity index (χ0) is 12.3. The largest absolute Gasteiger partial charge is 0.465 e. The van der Waals surface area contributed by atoms with Crippen molar-refractivity contribution in [2.45, 2.75) is 6.92 Å². The minimum Gasteiger partial charge on any atom is -0.465 e. The first-order chi connectivity index (χ1) is 8.24. The van der Waals surface area contributed by atoms with Crippen molar-refractivity contribution in [3.63, 3.8) is 0 Å². The Morgan fingerprint density at radius 1 is 1.00 bits per heavy atom. The molecule has 2 heteroatoms. The zero-order valence-corrected chi connectivity index (χ0v) is 9.94. The van der Waals surface area contributed by atoms with E-state index in [0.29, 0.717) is 5.56 Å². The van der Waals surface area contributed by atoms with E-state index in [1.54, 1.807) is 6.07 Å². The summed E-state index contributed by atoms with van der Waals surface area (Å²) < 4.78 is 4.77. The Balaban J connectivity index is 2.54. The van der Waals surface area contributed by atoms with E-state index in [1.807, 2.05) is 49.4 Å². The van der Waals surface area contributed by atoms with E-state index in [4.69, 9.17) is 4.74 Å². The lowest BCUT2D eigenvalue weighted by Gasteiger charge is -2.09. The standard InChI is InChI=1S/C15H14O2/c1-11-13(12-7-4-3-5-8-12)9-6-10-14(11)15(16)17-2/h3-10H,1-2H3. The Bertz CT molecular complexity index is 530. The Morgan fingerprint density at radius 3 is 2.35 bits per heavy atom. The lowest BCUT2D eigenvalue weighted by atomic mass is 9.96. The van der Waals surface area contributed by atoms with Crippen molar-refractivity contribution in [3.8, 4) is 11.1 Å². The van der Waals surface area contributed by atoms with Gasteiger partial charge < -0.3 is 4.74 Å². The predicted molar refractivity (Wildman–Crippen MR) is 68.0 cm³/mol. The van der Waals surface area contributed by atoms with Crippen LogP contribution >= 0.6 is 0 Å². The minimum absolute atomic E-state index is 0.291. The van der Waals surface area contributed by atoms with E-state index in [9.17, 15) is 4.79 Å². The molecule has 0 aliphatic heterocycles. The molecule has 0 amide bonds. The van der Waals surface area contributed by atoms with Crippen molar-refractivity contribution in [2.24, 2.45) is 0 Å². The zero-order valence-electron chi connectivity index (χ0n) is 9.94. The van der Waals surface area contributed by atoms with Crippen LogP contribution in [0.4, 0.5) is 0 Å². The van der Waals surface area contributed by atoms with Crippen LogP contribution in [0.15, 0.2) is 48.5 Å². The maximum atomic E-state index is 11.6. The maximum Gasteiger partial charge on any atom is 0.338 e. The van der Waals surface area contributed by atoms with Gasteiger partial charge in [0.05, 0.1) is 12.7 Å². The lowest BCUT2D eigenvalue weighted by molar-refractivity contribution is 0.0600. The number of benzene rings is 2. The van der Waals surface area contributed by atoms with E-state index in [1.165, 1.54) is 7.11 Å². The highest BCUT2D eigenvalue weighted by molar-refractivity contribution is 5.93. The highest BCUT2D eigenvalue weighted by Gasteiger charge is 2.12. The van der Waals surface area contributed by atoms with Gasteiger partial charge >= 0.3 is 5.97 Å². The number of rotatable bonds is 2. The van der Waals surface area contributed by atoms with Crippen LogP contribution in [0.2, 0.25) is 0 Å². The third kappa shape index (κ3) is 2.21. The Labute approximate surface area is 101 Å². The number of carbonyl (C=O) groups is 1. The fourth-order valence-electron chi connectivity index (χ4n) is 1.90. The highest BCUT2D eigenvalue weighted by atomic mass is 16.5. The predicted octanol–water partition coefficient (Wildman–Crippen LogP) is 3.45. The molecule has 0 heterocycles. The molecule has 2 aromatic rings. The normalized spacial score (nSPS) is 10.0. The molecular formula is C15H14O2. The summed E-state index contributed by atoms with van der Waals surface area (Å²) in [5.74, 6) is -0.291. The molecule has 86 valence electrons. The first-order valence-electron chi connectivity index (χ1n) is 5.47. The van der Waals surface area contributed by atoms with Crippen LogP contribution in [-0.2, 0) is 4.74 Å². The number of hydrogen-bond acceptors (Lipinski definition) is 2. The van der Waals surface area contributed by atoms with E-state index in [2.05, 4.69) is 0 Å². The van der Waals surface area contributed by atoms with Crippen LogP contribution in [0.1, 0.15) is 15.9 Å². The van der Waals surface area contributed by atoms with Gasteiger partial charge in [-0.1, -0.05) is 42.5 Å². The van der Waals surface area contributed by atoms with Crippen LogP contribution in [0.25, 0.3) is 11.1 Å². The van der Waals surface area contributed by atoms with Crippen LogP contribution in [0, 0.1) is 6.92 Å². The summed E-state index contributed by atoms with van der Waals surface area (Å²) >= 11 is 0. The van der Waals surface area contributed by atoms with Gasteiger partial charge in [-0.05, 0) is 29.7 Å². The van der Waals surface area contributed by atoms with Crippen LogP contribution in [-0.4, -0.2) is 13.1 Å². The fraction of sp³-hybridized carbons (Fsp3) is 0.133. The van der Waals surface area contributed by atoms with Gasteiger partial charge in [-0.3, -0.25) is 0 Å². The number of methoxy groups -OCH3 is 1. The second-order valence-corrected chi connectivity index (χ2v) is 3.84. The number of carbonyl (C=O) groups excluding carboxylic acids is 1. The number of hydrogen-bond donors (Lipinski definition) is 0. The maximum absolute atomic E-state index is 11.6. The monoisotopic (exact) mass is 226 g/mol. The molecule has 0 unspecified atom stereocenters. The molecule has 0 saturated carbocycles. The van der Waals surface area contributed by atoms with Gasteiger partial charge in [-0.15, -0.1) is 0 Å². The molecule has 0 aliphatic carbocycles. The molecule has 0 spiro atoms. The summed E-state index contributed by atoms with van der Waals surface area (Å²) in [6, 6.07) is 15.7. The minimum atomic E-state index is -0.291. The molecule has 0 N–H and O–H groups in total. The third-order valence-corrected chi connectivity index (χ3v) is 2.82. The van der Waals surface area contributed by atoms with Crippen LogP contribution in [0.3, 0.4) is 0 Å². The Morgan fingerprint density at radius 2 is 1.71 bits per heavy atom. The summed E-state index contributed by atoms with van der Waals surface area (Å²) in [5.41, 5.74) is 3.74. The second-order valence-electron chi connectivity index (χ2n) is 3.84. The van der Waals surface area contributed by atoms with Crippen molar-refractivity contribution in [2.75, 3.05) is 7.11 Å². The molecule has 0 fully saturated rings. The highest BCUT2D eigenvalue weighted by Crippen LogP contribution is 2.25. The smallest absolute Gasteiger partial charge is 0.338 e. The fourth-order valence-corrected chi connectivity index (χ4v) is 1.90. The van der Waals surface area contributed by atoms with Gasteiger partial charge in [0.2, 0.25) is 0 Å². The van der Waals surface area contributed by atoms with Gasteiger partial charge in [0.25, 0.3) is 0 Å². The average molecular weight is 226 g/mol. The van der Waals surface area contributed by atoms with Crippen molar-refractivity contribution < 1.29 is 9.53 Å². The Kier molecular flexibility index (Phi) is 3.24. The molecule has 17 heavy (non-hydrogen) atoms. The molecule has 2 aromatic carbocycles. The van der Waals surface area contributed by atoms with E-state index < -0.39 is 0 Å². The van der Waals surface area contributed by atoms with E-state index >= 15 is 0 Å². The van der Waals surface area contributed by atoms with Gasteiger partial charge in [0.15, 0.2) is 0 Å². The quantitative estimate of drug-likeness (QED) is 0.733. The summed E-state index contributed by atoms with van der Waals surface area (Å²) in [6.45, 7) is 1.94. The molecule has 0 aromatic heterocycles. The number of ether oxygens (including phenoxy) is 1. The third-order valence-electron chi connectivity index (χ3n) is 2.82. The van der Waals surface area contributed by atoms with Crippen molar-refractivity contribution in [3.05, 3.63) is 59.7 Å². The molecule has 2 rings (SSSR count). The van der Waals surface area contributed by atoms with Crippen molar-refractivity contribution in [1.82, 2.24) is 0 Å². The van der Waals surface area contributed by atoms with Gasteiger partial charge in [0, 0.05) is 0 Å². The summed E-state index contributed by atoms with van der Waals surface area (Å²) in [7, 11) is 1.40. The molecule has 0 aliphatic rings. The molecule has 0 radical (unpaired) electrons. The van der Waals surface area contributed by atoms with Crippen LogP contribution < -0.4 is 0 Å². The van der Waals surface area contributed by atoms with Crippen molar-refractivity contribution in [1.29, 1.82) is 0 Å². The van der Waals surface area contributed by atoms with Gasteiger partial charge in [-0.25, -0.2) is 4.79 Å². The molecule has 0 bridgehead atoms. The first-order valence-corrected chi connectivity index (χ1v) is 5.47. The van der Waals surface area contributed by atoms with Crippen molar-refractivity contribution >= 4 is 5.97 Å². The average Bonchev–Trinajstić information content (AvgIpc) is 2.39. The summed E-state index contributed by atoms with van der Waals surface area (Å²) in [4.78, 5) is 11.6. The first kappa shape index (κ1) is 11.4. The van der Waals surface area contributed by atoms with Gasteiger partial charge in [-0.2, -0.15) is 0 Å². The SMILES string of the molecule is COC(=O)c1cccc(-c2ccccc2)c1C. The summed E-state index contributed by atoms with van der Waals surface area (Å²) in [5, 5.41) is 0.